The molecule has 0 radical (unpaired) electrons. The zero-order chi connectivity index (χ0) is 88.4. The number of nitro benzene ring substituents is 2. The van der Waals surface area contributed by atoms with Crippen LogP contribution in [0.4, 0.5) is 45.5 Å². The molecule has 5 atom stereocenters. The van der Waals surface area contributed by atoms with Crippen LogP contribution in [-0.2, 0) is 92.2 Å². The molecule has 634 valence electrons. The summed E-state index contributed by atoms with van der Waals surface area (Å²) in [5.74, 6) is 1.35. The van der Waals surface area contributed by atoms with Gasteiger partial charge in [-0.25, -0.2) is 42.1 Å². The fourth-order valence-corrected chi connectivity index (χ4v) is 20.6. The molecular weight excluding hydrogens is 1680 g/mol. The summed E-state index contributed by atoms with van der Waals surface area (Å²) in [5.41, 5.74) is 3.76. The van der Waals surface area contributed by atoms with Gasteiger partial charge in [0.15, 0.2) is 5.75 Å². The molecule has 0 spiro atoms. The van der Waals surface area contributed by atoms with Crippen LogP contribution in [-0.4, -0.2) is 164 Å². The van der Waals surface area contributed by atoms with Gasteiger partial charge in [-0.1, -0.05) is 37.3 Å². The van der Waals surface area contributed by atoms with E-state index in [4.69, 9.17) is 68.7 Å². The van der Waals surface area contributed by atoms with E-state index in [1.807, 2.05) is 53.7 Å². The number of nitrogens with two attached hydrogens (primary N) is 1. The number of benzene rings is 5. The lowest BCUT2D eigenvalue weighted by atomic mass is 9.79. The number of hydrogen-bond acceptors (Lipinski definition) is 33. The number of nitro groups is 2. The zero-order valence-electron chi connectivity index (χ0n) is 64.0. The molecule has 5 N–H and O–H groups in total. The molecular formula is C73H81ClN10O29S5. The van der Waals surface area contributed by atoms with Crippen molar-refractivity contribution >= 4 is 130 Å². The number of aryl methyl sites for hydroxylation is 1. The number of ether oxygens (including phenoxy) is 2. The summed E-state index contributed by atoms with van der Waals surface area (Å²) >= 11 is 0. The lowest BCUT2D eigenvalue weighted by Gasteiger charge is -2.44. The van der Waals surface area contributed by atoms with Gasteiger partial charge >= 0.3 is 24.6 Å². The molecule has 7 aromatic carbocycles. The number of nitrogens with one attached hydrogen (secondary N) is 3. The maximum absolute atomic E-state index is 13.1. The Morgan fingerprint density at radius 1 is 0.492 bits per heavy atom. The number of hydrogen-bond donors (Lipinski definition) is 4. The van der Waals surface area contributed by atoms with Crippen LogP contribution in [0.3, 0.4) is 0 Å². The fourth-order valence-electron chi connectivity index (χ4n) is 12.8. The average molecular weight is 1760 g/mol. The number of sulfonamides is 4. The smallest absolute Gasteiger partial charge is 0.373 e. The normalized spacial score (nSPS) is 17.8. The third-order valence-corrected chi connectivity index (χ3v) is 28.1. The molecule has 0 aliphatic carbocycles. The van der Waals surface area contributed by atoms with Gasteiger partial charge < -0.3 is 35.6 Å². The first-order valence-electron chi connectivity index (χ1n) is 35.2. The second-order valence-corrected chi connectivity index (χ2v) is 36.9. The highest BCUT2D eigenvalue weighted by atomic mass is 35.7. The van der Waals surface area contributed by atoms with E-state index in [9.17, 15) is 81.5 Å². The molecule has 5 fully saturated rings. The SMILES string of the molecule is COc1c(Nc2cccc(S(=O)(=O)N3CCC[C@@H]3C)c2)c(=O)c1=O.C[C@H]1CCCN1S(=O)(=O)c1cccc(N)c1.C[C@H]1CCCN1S(=O)(=O)c1cccc([N+](=O)[O-])c1.Cc1ccc(C(Nc2c(Nc3cccc(S(=O)(=O)N4CCC[C@@H]4C)c3)c(=O)c2=O)C2(C)COC2)o1.O=C=O.O=C=O.O=C=O.O=C=O.O=[N+]([O-])c1cccc(S(=O)(=O)Cl)c1. The summed E-state index contributed by atoms with van der Waals surface area (Å²) in [6.07, 6.45) is 7.87. The van der Waals surface area contributed by atoms with Gasteiger partial charge in [0.05, 0.1) is 60.7 Å². The van der Waals surface area contributed by atoms with Gasteiger partial charge in [0.2, 0.25) is 40.1 Å². The predicted octanol–water partition coefficient (Wildman–Crippen LogP) is 6.90. The number of methoxy groups -OCH3 is 1. The standard InChI is InChI=1S/C25H29N3O6S.C16H18N2O5S.C11H14N2O4S.C11H16N2O2S.C6H4ClNO4S.4CO2/c1-15-6-5-11-28(15)35(31,32)18-8-4-7-17(12-18)26-20-21(23(30)22(20)29)27-24(25(3)13-33-14-25)19-10-9-16(2)34-19;1-10-5-4-8-18(10)24(21,22)12-7-3-6-11(9-12)17-13-14(19)15(20)16(13)23-2;1-9-4-3-7-12(9)18(16,17)11-6-2-5-10(8-11)13(14)15;1-9-4-3-7-13(9)16(14,15)11-6-2-5-10(12)8-11;7-13(11,12)6-3-1-2-5(4-6)8(9)10;4*2-1-3/h4,7-10,12,15,24,26-27H,5-6,11,13-14H2,1-3H3;3,6-7,9-10,17H,4-5,8H2,1-2H3;2,5-6,8-9H,3-4,7H2,1H3;2,5-6,8-9H,3-4,7,12H2,1H3;1-4H;;;;/t15-,24?;10-;2*9-;;;;;/m0000...../s1. The van der Waals surface area contributed by atoms with E-state index < -0.39 is 80.7 Å². The molecule has 8 aromatic rings. The Bertz CT molecular complexity index is 5740. The van der Waals surface area contributed by atoms with E-state index in [1.54, 1.807) is 52.8 Å². The van der Waals surface area contributed by atoms with Crippen molar-refractivity contribution < 1.29 is 104 Å². The number of nitrogens with zero attached hydrogens (tertiary/aromatic N) is 6. The summed E-state index contributed by atoms with van der Waals surface area (Å²) < 4.78 is 145. The van der Waals surface area contributed by atoms with Crippen molar-refractivity contribution in [3.05, 3.63) is 206 Å². The molecule has 0 bridgehead atoms. The van der Waals surface area contributed by atoms with Crippen LogP contribution < -0.4 is 48.1 Å². The number of non-ortho nitro benzene ring substituents is 2. The first-order chi connectivity index (χ1) is 55.5. The minimum atomic E-state index is -3.89. The van der Waals surface area contributed by atoms with E-state index in [2.05, 4.69) is 16.0 Å². The quantitative estimate of drug-likeness (QED) is 0.0198. The van der Waals surface area contributed by atoms with E-state index >= 15 is 0 Å². The van der Waals surface area contributed by atoms with Crippen molar-refractivity contribution in [3.63, 3.8) is 0 Å². The molecule has 5 aliphatic rings. The lowest BCUT2D eigenvalue weighted by Crippen LogP contribution is -2.49. The molecule has 5 aliphatic heterocycles. The van der Waals surface area contributed by atoms with Gasteiger partial charge in [-0.3, -0.25) is 39.4 Å². The van der Waals surface area contributed by atoms with Crippen LogP contribution in [0.5, 0.6) is 5.75 Å². The highest BCUT2D eigenvalue weighted by molar-refractivity contribution is 8.13. The maximum atomic E-state index is 13.1. The molecule has 13 rings (SSSR count). The third kappa shape index (κ3) is 24.7. The number of halogens is 1. The highest BCUT2D eigenvalue weighted by Crippen LogP contribution is 2.44. The largest absolute Gasteiger partial charge is 0.491 e. The number of carbonyl (C=O) groups excluding carboxylic acids is 8. The minimum absolute atomic E-state index is 0.00884. The van der Waals surface area contributed by atoms with Crippen molar-refractivity contribution in [1.82, 2.24) is 17.2 Å². The van der Waals surface area contributed by atoms with Gasteiger partial charge in [-0.15, -0.1) is 0 Å². The molecule has 45 heteroatoms. The summed E-state index contributed by atoms with van der Waals surface area (Å²) in [6, 6.07) is 32.0. The highest BCUT2D eigenvalue weighted by Gasteiger charge is 2.46. The van der Waals surface area contributed by atoms with E-state index in [-0.39, 0.29) is 114 Å². The molecule has 5 saturated heterocycles. The Morgan fingerprint density at radius 2 is 0.822 bits per heavy atom. The van der Waals surface area contributed by atoms with Crippen molar-refractivity contribution in [1.29, 1.82) is 0 Å². The lowest BCUT2D eigenvalue weighted by molar-refractivity contribution is -0.385. The Kier molecular flexibility index (Phi) is 35.6. The van der Waals surface area contributed by atoms with Crippen LogP contribution in [0.15, 0.2) is 182 Å². The van der Waals surface area contributed by atoms with Crippen LogP contribution in [0.25, 0.3) is 0 Å². The molecule has 1 aromatic heterocycles. The Hall–Kier alpha value is -11.3. The van der Waals surface area contributed by atoms with Crippen LogP contribution >= 0.6 is 10.7 Å². The topological polar surface area (TPSA) is 568 Å². The van der Waals surface area contributed by atoms with Gasteiger partial charge in [0.25, 0.3) is 42.1 Å². The van der Waals surface area contributed by atoms with Crippen molar-refractivity contribution in [2.75, 3.05) is 68.2 Å². The zero-order valence-corrected chi connectivity index (χ0v) is 68.8. The molecule has 1 unspecified atom stereocenters. The Balaban J connectivity index is 0.000000264. The summed E-state index contributed by atoms with van der Waals surface area (Å²) in [7, 11) is -11.8. The molecule has 6 heterocycles. The van der Waals surface area contributed by atoms with Gasteiger partial charge in [-0.2, -0.15) is 55.6 Å². The molecule has 39 nitrogen and oxygen atoms in total. The number of rotatable bonds is 20. The van der Waals surface area contributed by atoms with Gasteiger partial charge in [0, 0.05) is 108 Å². The van der Waals surface area contributed by atoms with E-state index in [1.165, 1.54) is 80.7 Å². The van der Waals surface area contributed by atoms with Crippen molar-refractivity contribution in [3.8, 4) is 5.75 Å². The summed E-state index contributed by atoms with van der Waals surface area (Å²) in [4.78, 5) is 133. The Labute approximate surface area is 680 Å². The monoisotopic (exact) mass is 1760 g/mol. The minimum Gasteiger partial charge on any atom is -0.491 e. The van der Waals surface area contributed by atoms with E-state index in [0.717, 1.165) is 69.3 Å². The molecule has 0 amide bonds. The average Bonchev–Trinajstić information content (AvgIpc) is 0.972. The molecule has 0 saturated carbocycles. The second-order valence-electron chi connectivity index (χ2n) is 26.7. The van der Waals surface area contributed by atoms with Crippen molar-refractivity contribution in [2.45, 2.75) is 148 Å². The Morgan fingerprint density at radius 3 is 1.14 bits per heavy atom. The van der Waals surface area contributed by atoms with Gasteiger partial charge in [-0.05, 0) is 165 Å². The van der Waals surface area contributed by atoms with Gasteiger partial charge in [0.1, 0.15) is 28.6 Å². The third-order valence-electron chi connectivity index (χ3n) is 18.7. The van der Waals surface area contributed by atoms with Crippen molar-refractivity contribution in [2.24, 2.45) is 5.41 Å². The van der Waals surface area contributed by atoms with Crippen LogP contribution in [0.1, 0.15) is 104 Å². The first-order valence-corrected chi connectivity index (χ1v) is 43.2. The number of furan rings is 1. The predicted molar refractivity (Wildman–Crippen MR) is 418 cm³/mol. The van der Waals surface area contributed by atoms with Crippen LogP contribution in [0, 0.1) is 32.6 Å². The summed E-state index contributed by atoms with van der Waals surface area (Å²) in [5, 5.41) is 29.9. The van der Waals surface area contributed by atoms with E-state index in [0.29, 0.717) is 67.1 Å². The second kappa shape index (κ2) is 43.2. The molecule has 118 heavy (non-hydrogen) atoms. The fraction of sp³-hybridized carbons (Fsp3) is 0.370. The first kappa shape index (κ1) is 97.3. The number of nitrogen functional groups attached to an aromatic ring is 1. The van der Waals surface area contributed by atoms with Crippen LogP contribution in [0.2, 0.25) is 0 Å². The summed E-state index contributed by atoms with van der Waals surface area (Å²) in [6.45, 7) is 14.5. The number of anilines is 6. The maximum Gasteiger partial charge on any atom is 0.373 e.